The first-order valence-corrected chi connectivity index (χ1v) is 3.41. The maximum atomic E-state index is 9.33. The van der Waals surface area contributed by atoms with E-state index in [9.17, 15) is 4.79 Å². The van der Waals surface area contributed by atoms with Gasteiger partial charge < -0.3 is 18.6 Å². The smallest absolute Gasteiger partial charge is 0.340 e. The summed E-state index contributed by atoms with van der Waals surface area (Å²) in [6, 6.07) is 0. The molecular weight excluding hydrogens is 308 g/mol. The van der Waals surface area contributed by atoms with Crippen LogP contribution in [0, 0.1) is 13.8 Å². The quantitative estimate of drug-likeness (QED) is 0.564. The van der Waals surface area contributed by atoms with Crippen molar-refractivity contribution < 1.29 is 25.9 Å². The molecule has 0 rings (SSSR count). The van der Waals surface area contributed by atoms with Gasteiger partial charge in [0.2, 0.25) is 0 Å². The molecule has 0 unspecified atom stereocenters. The molecule has 0 fully saturated rings. The second-order valence-corrected chi connectivity index (χ2v) is 1.87. The Hall–Kier alpha value is -0.0317. The number of carbonyl (C=O) groups is 1. The van der Waals surface area contributed by atoms with E-state index in [1.807, 2.05) is 0 Å². The first-order valence-electron chi connectivity index (χ1n) is 3.41. The van der Waals surface area contributed by atoms with Gasteiger partial charge >= 0.3 is 21.1 Å². The molecule has 2 heteroatoms. The van der Waals surface area contributed by atoms with Gasteiger partial charge in [-0.1, -0.05) is 13.0 Å². The predicted octanol–water partition coefficient (Wildman–Crippen LogP) is 2.58. The normalized spacial score (nSPS) is 7.91. The fraction of sp³-hybridized carbons (Fsp3) is 0.444. The SMILES string of the molecule is [CH2-]C(C)=O.[CH2-]C/C=C/CC.[W+2]. The number of rotatable bonds is 2. The van der Waals surface area contributed by atoms with Crippen molar-refractivity contribution in [3.05, 3.63) is 26.0 Å². The maximum absolute atomic E-state index is 9.33. The average Bonchev–Trinajstić information content (AvgIpc) is 1.82. The van der Waals surface area contributed by atoms with Crippen LogP contribution in [-0.4, -0.2) is 5.78 Å². The summed E-state index contributed by atoms with van der Waals surface area (Å²) in [6.45, 7) is 10.2. The van der Waals surface area contributed by atoms with Crippen molar-refractivity contribution in [1.29, 1.82) is 0 Å². The molecule has 0 saturated heterocycles. The Morgan fingerprint density at radius 3 is 1.91 bits per heavy atom. The standard InChI is InChI=1S/C6H11.C3H5O.W/c1-3-5-6-4-2;1-3(2)4;/h5-6H,1,3-4H2,2H3;1H2,2H3;/q2*-1;+2/b6-5+;;. The Balaban J connectivity index is -0.000000114. The van der Waals surface area contributed by atoms with Crippen molar-refractivity contribution in [2.75, 3.05) is 0 Å². The minimum absolute atomic E-state index is 0. The third-order valence-corrected chi connectivity index (χ3v) is 0.569. The summed E-state index contributed by atoms with van der Waals surface area (Å²) in [7, 11) is 0. The van der Waals surface area contributed by atoms with Crippen molar-refractivity contribution >= 4 is 5.78 Å². The topological polar surface area (TPSA) is 17.1 Å². The first kappa shape index (κ1) is 17.2. The van der Waals surface area contributed by atoms with Crippen LogP contribution in [0.25, 0.3) is 0 Å². The summed E-state index contributed by atoms with van der Waals surface area (Å²) in [5.74, 6) is -0.0833. The number of ketones is 1. The predicted molar refractivity (Wildman–Crippen MR) is 45.4 cm³/mol. The third-order valence-electron chi connectivity index (χ3n) is 0.569. The average molecular weight is 324 g/mol. The maximum Gasteiger partial charge on any atom is 2.00 e. The minimum atomic E-state index is -0.0833. The molecule has 0 amide bonds. The number of carbonyl (C=O) groups excluding carboxylic acids is 1. The Morgan fingerprint density at radius 2 is 1.82 bits per heavy atom. The summed E-state index contributed by atoms with van der Waals surface area (Å²) in [5, 5.41) is 0. The third kappa shape index (κ3) is 71.8. The van der Waals surface area contributed by atoms with Crippen LogP contribution >= 0.6 is 0 Å². The van der Waals surface area contributed by atoms with Gasteiger partial charge in [0, 0.05) is 0 Å². The summed E-state index contributed by atoms with van der Waals surface area (Å²) < 4.78 is 0. The molecular formula is C9H16OW. The molecule has 0 N–H and O–H groups in total. The van der Waals surface area contributed by atoms with Crippen LogP contribution in [0.15, 0.2) is 12.2 Å². The molecule has 0 heterocycles. The van der Waals surface area contributed by atoms with E-state index in [1.54, 1.807) is 0 Å². The number of allylic oxidation sites excluding steroid dienone is 2. The van der Waals surface area contributed by atoms with Gasteiger partial charge in [-0.15, -0.1) is 6.08 Å². The fourth-order valence-corrected chi connectivity index (χ4v) is 0.285. The van der Waals surface area contributed by atoms with Crippen LogP contribution in [-0.2, 0) is 25.9 Å². The number of hydrogen-bond donors (Lipinski definition) is 0. The van der Waals surface area contributed by atoms with Gasteiger partial charge in [0.15, 0.2) is 0 Å². The molecule has 0 aromatic heterocycles. The molecule has 0 bridgehead atoms. The van der Waals surface area contributed by atoms with Gasteiger partial charge in [-0.25, -0.2) is 0 Å². The Morgan fingerprint density at radius 1 is 1.45 bits per heavy atom. The molecule has 64 valence electrons. The molecule has 0 saturated carbocycles. The minimum Gasteiger partial charge on any atom is -0.340 e. The van der Waals surface area contributed by atoms with Gasteiger partial charge in [-0.3, -0.25) is 0 Å². The largest absolute Gasteiger partial charge is 2.00 e. The van der Waals surface area contributed by atoms with Gasteiger partial charge in [0.25, 0.3) is 0 Å². The van der Waals surface area contributed by atoms with E-state index in [1.165, 1.54) is 6.92 Å². The second kappa shape index (κ2) is 16.5. The monoisotopic (exact) mass is 324 g/mol. The van der Waals surface area contributed by atoms with Crippen LogP contribution in [0.1, 0.15) is 26.7 Å². The number of hydrogen-bond acceptors (Lipinski definition) is 1. The van der Waals surface area contributed by atoms with E-state index >= 15 is 0 Å². The molecule has 0 aromatic rings. The van der Waals surface area contributed by atoms with E-state index < -0.39 is 0 Å². The van der Waals surface area contributed by atoms with Crippen molar-refractivity contribution in [1.82, 2.24) is 0 Å². The van der Waals surface area contributed by atoms with Crippen LogP contribution in [0.3, 0.4) is 0 Å². The zero-order chi connectivity index (χ0) is 8.41. The number of Topliss-reactive ketones (excluding diaryl/α,β-unsaturated/α-hetero) is 1. The molecule has 1 nitrogen and oxygen atoms in total. The van der Waals surface area contributed by atoms with E-state index in [-0.39, 0.29) is 26.8 Å². The Kier molecular flexibility index (Phi) is 25.8. The second-order valence-electron chi connectivity index (χ2n) is 1.87. The van der Waals surface area contributed by atoms with Crippen LogP contribution in [0.4, 0.5) is 0 Å². The molecule has 0 aliphatic rings. The van der Waals surface area contributed by atoms with Gasteiger partial charge in [0.05, 0.1) is 0 Å². The molecule has 11 heavy (non-hydrogen) atoms. The van der Waals surface area contributed by atoms with Crippen molar-refractivity contribution in [3.8, 4) is 0 Å². The van der Waals surface area contributed by atoms with Crippen LogP contribution < -0.4 is 0 Å². The summed E-state index contributed by atoms with van der Waals surface area (Å²) in [5.41, 5.74) is 0. The molecule has 0 aliphatic heterocycles. The summed E-state index contributed by atoms with van der Waals surface area (Å²) >= 11 is 0. The van der Waals surface area contributed by atoms with Crippen molar-refractivity contribution in [3.63, 3.8) is 0 Å². The molecule has 0 atom stereocenters. The molecule has 0 aromatic carbocycles. The van der Waals surface area contributed by atoms with Gasteiger partial charge in [0.1, 0.15) is 0 Å². The molecule has 0 radical (unpaired) electrons. The first-order chi connectivity index (χ1) is 4.65. The van der Waals surface area contributed by atoms with Gasteiger partial charge in [-0.2, -0.15) is 6.42 Å². The summed E-state index contributed by atoms with van der Waals surface area (Å²) in [6.07, 6.45) is 6.25. The summed E-state index contributed by atoms with van der Waals surface area (Å²) in [4.78, 5) is 9.33. The van der Waals surface area contributed by atoms with Crippen molar-refractivity contribution in [2.45, 2.75) is 26.7 Å². The van der Waals surface area contributed by atoms with Crippen LogP contribution in [0.2, 0.25) is 0 Å². The zero-order valence-corrected chi connectivity index (χ0v) is 10.2. The fourth-order valence-electron chi connectivity index (χ4n) is 0.285. The van der Waals surface area contributed by atoms with E-state index in [0.29, 0.717) is 0 Å². The molecule has 0 spiro atoms. The van der Waals surface area contributed by atoms with Gasteiger partial charge in [-0.05, 0) is 19.1 Å². The van der Waals surface area contributed by atoms with Crippen LogP contribution in [0.5, 0.6) is 0 Å². The zero-order valence-electron chi connectivity index (χ0n) is 7.30. The molecule has 0 aliphatic carbocycles. The Labute approximate surface area is 84.5 Å². The van der Waals surface area contributed by atoms with Crippen molar-refractivity contribution in [2.24, 2.45) is 0 Å². The van der Waals surface area contributed by atoms with E-state index in [4.69, 9.17) is 0 Å². The van der Waals surface area contributed by atoms with E-state index in [0.717, 1.165) is 12.8 Å². The Bertz CT molecular complexity index is 87.7. The van der Waals surface area contributed by atoms with E-state index in [2.05, 4.69) is 32.9 Å².